The average molecular weight is 467 g/mol. The van der Waals surface area contributed by atoms with E-state index in [9.17, 15) is 8.42 Å². The van der Waals surface area contributed by atoms with Crippen LogP contribution in [0.1, 0.15) is 37.5 Å². The smallest absolute Gasteiger partial charge is 0.264 e. The fourth-order valence-corrected chi connectivity index (χ4v) is 3.87. The normalized spacial score (nSPS) is 12.6. The molecule has 2 rings (SSSR count). The van der Waals surface area contributed by atoms with Gasteiger partial charge in [-0.25, -0.2) is 0 Å². The molecule has 0 radical (unpaired) electrons. The summed E-state index contributed by atoms with van der Waals surface area (Å²) < 4.78 is 45.0. The van der Waals surface area contributed by atoms with Crippen molar-refractivity contribution in [1.82, 2.24) is 0 Å². The highest BCUT2D eigenvalue weighted by Crippen LogP contribution is 2.37. The Balaban J connectivity index is 2.05. The minimum Gasteiger partial charge on any atom is -0.497 e. The first-order chi connectivity index (χ1) is 14.3. The Labute approximate surface area is 187 Å². The van der Waals surface area contributed by atoms with Gasteiger partial charge in [-0.1, -0.05) is 32.9 Å². The molecule has 0 saturated heterocycles. The first kappa shape index (κ1) is 25.4. The molecule has 0 bridgehead atoms. The third-order valence-corrected chi connectivity index (χ3v) is 10.4. The van der Waals surface area contributed by atoms with Crippen LogP contribution in [0.2, 0.25) is 18.1 Å². The molecule has 8 heteroatoms. The van der Waals surface area contributed by atoms with Crippen LogP contribution < -0.4 is 9.47 Å². The summed E-state index contributed by atoms with van der Waals surface area (Å²) in [5.41, 5.74) is 2.62. The molecule has 0 aliphatic carbocycles. The Bertz CT molecular complexity index is 980. The molecular weight excluding hydrogens is 432 g/mol. The van der Waals surface area contributed by atoms with Crippen molar-refractivity contribution in [3.8, 4) is 11.5 Å². The summed E-state index contributed by atoms with van der Waals surface area (Å²) in [4.78, 5) is 0. The van der Waals surface area contributed by atoms with E-state index >= 15 is 0 Å². The van der Waals surface area contributed by atoms with E-state index in [0.717, 1.165) is 23.1 Å². The third kappa shape index (κ3) is 8.29. The summed E-state index contributed by atoms with van der Waals surface area (Å²) in [6.45, 7) is 12.0. The number of rotatable bonds is 10. The fourth-order valence-electron chi connectivity index (χ4n) is 2.56. The van der Waals surface area contributed by atoms with Gasteiger partial charge in [-0.15, -0.1) is 0 Å². The van der Waals surface area contributed by atoms with Crippen molar-refractivity contribution in [3.05, 3.63) is 59.2 Å². The molecule has 0 aliphatic rings. The summed E-state index contributed by atoms with van der Waals surface area (Å²) in [5, 5.41) is 0.159. The highest BCUT2D eigenvalue weighted by Gasteiger charge is 2.37. The molecule has 2 aromatic rings. The van der Waals surface area contributed by atoms with Crippen LogP contribution in [0.15, 0.2) is 42.5 Å². The lowest BCUT2D eigenvalue weighted by atomic mass is 10.1. The number of hydrogen-bond acceptors (Lipinski definition) is 6. The first-order valence-corrected chi connectivity index (χ1v) is 14.9. The van der Waals surface area contributed by atoms with Gasteiger partial charge in [0.2, 0.25) is 0 Å². The van der Waals surface area contributed by atoms with Gasteiger partial charge in [0, 0.05) is 0 Å². The Morgan fingerprint density at radius 1 is 0.871 bits per heavy atom. The highest BCUT2D eigenvalue weighted by molar-refractivity contribution is 7.85. The number of benzene rings is 2. The van der Waals surface area contributed by atoms with E-state index in [2.05, 4.69) is 33.9 Å². The van der Waals surface area contributed by atoms with Crippen LogP contribution in [0.4, 0.5) is 0 Å². The molecule has 31 heavy (non-hydrogen) atoms. The second-order valence-electron chi connectivity index (χ2n) is 9.14. The van der Waals surface area contributed by atoms with Crippen molar-refractivity contribution in [2.75, 3.05) is 13.4 Å². The van der Waals surface area contributed by atoms with Gasteiger partial charge in [-0.3, -0.25) is 4.18 Å². The van der Waals surface area contributed by atoms with E-state index < -0.39 is 18.4 Å². The predicted molar refractivity (Wildman–Crippen MR) is 125 cm³/mol. The zero-order chi connectivity index (χ0) is 23.3. The Morgan fingerprint density at radius 3 is 2.06 bits per heavy atom. The molecule has 0 saturated carbocycles. The average Bonchev–Trinajstić information content (AvgIpc) is 2.68. The van der Waals surface area contributed by atoms with Crippen LogP contribution in [0.25, 0.3) is 0 Å². The molecule has 0 heterocycles. The van der Waals surface area contributed by atoms with Crippen LogP contribution in [-0.4, -0.2) is 30.1 Å². The molecule has 0 atom stereocenters. The van der Waals surface area contributed by atoms with E-state index in [4.69, 9.17) is 18.1 Å². The quantitative estimate of drug-likeness (QED) is 0.351. The predicted octanol–water partition coefficient (Wildman–Crippen LogP) is 5.27. The van der Waals surface area contributed by atoms with Crippen LogP contribution in [0.3, 0.4) is 0 Å². The van der Waals surface area contributed by atoms with Gasteiger partial charge in [0.15, 0.2) is 8.32 Å². The molecular formula is C23H34O6SSi. The van der Waals surface area contributed by atoms with Gasteiger partial charge in [-0.05, 0) is 65.2 Å². The van der Waals surface area contributed by atoms with Crippen LogP contribution >= 0.6 is 0 Å². The lowest BCUT2D eigenvalue weighted by Crippen LogP contribution is -2.40. The minimum atomic E-state index is -3.52. The summed E-state index contributed by atoms with van der Waals surface area (Å²) in [6.07, 6.45) is 1.03. The second-order valence-corrected chi connectivity index (χ2v) is 15.6. The minimum absolute atomic E-state index is 0.0523. The van der Waals surface area contributed by atoms with Gasteiger partial charge in [0.25, 0.3) is 10.1 Å². The molecule has 172 valence electrons. The Morgan fingerprint density at radius 2 is 1.48 bits per heavy atom. The topological polar surface area (TPSA) is 71.1 Å². The first-order valence-electron chi connectivity index (χ1n) is 10.2. The Kier molecular flexibility index (Phi) is 8.32. The van der Waals surface area contributed by atoms with Gasteiger partial charge < -0.3 is 13.9 Å². The second kappa shape index (κ2) is 10.2. The van der Waals surface area contributed by atoms with Gasteiger partial charge in [0.1, 0.15) is 18.1 Å². The standard InChI is InChI=1S/C23H34O6SSi/c1-23(2,3)31(6,7)29-17-18-9-8-10-21(12-18)27-15-19-11-20(14-22(13-19)26-4)16-28-30(5,24)25/h8-14H,15-17H2,1-7H3. The zero-order valence-electron chi connectivity index (χ0n) is 19.5. The molecule has 0 N–H and O–H groups in total. The summed E-state index contributed by atoms with van der Waals surface area (Å²) in [5.74, 6) is 1.36. The van der Waals surface area contributed by atoms with Crippen molar-refractivity contribution in [3.63, 3.8) is 0 Å². The molecule has 0 aromatic heterocycles. The van der Waals surface area contributed by atoms with Crippen molar-refractivity contribution in [2.45, 2.75) is 58.7 Å². The maximum atomic E-state index is 11.3. The molecule has 0 aliphatic heterocycles. The van der Waals surface area contributed by atoms with E-state index in [-0.39, 0.29) is 11.6 Å². The zero-order valence-corrected chi connectivity index (χ0v) is 21.3. The van der Waals surface area contributed by atoms with E-state index in [1.807, 2.05) is 36.4 Å². The molecule has 0 fully saturated rings. The van der Waals surface area contributed by atoms with Gasteiger partial charge in [-0.2, -0.15) is 8.42 Å². The number of hydrogen-bond donors (Lipinski definition) is 0. The number of methoxy groups -OCH3 is 1. The van der Waals surface area contributed by atoms with Crippen LogP contribution in [-0.2, 0) is 38.5 Å². The monoisotopic (exact) mass is 466 g/mol. The van der Waals surface area contributed by atoms with Crippen LogP contribution in [0.5, 0.6) is 11.5 Å². The largest absolute Gasteiger partial charge is 0.497 e. The highest BCUT2D eigenvalue weighted by atomic mass is 32.2. The van der Waals surface area contributed by atoms with E-state index in [1.54, 1.807) is 13.2 Å². The number of ether oxygens (including phenoxy) is 2. The fraction of sp³-hybridized carbons (Fsp3) is 0.478. The maximum absolute atomic E-state index is 11.3. The third-order valence-electron chi connectivity index (χ3n) is 5.41. The Hall–Kier alpha value is -1.87. The summed E-state index contributed by atoms with van der Waals surface area (Å²) in [7, 11) is -3.78. The van der Waals surface area contributed by atoms with Crippen LogP contribution in [0, 0.1) is 0 Å². The van der Waals surface area contributed by atoms with Gasteiger partial charge in [0.05, 0.1) is 26.6 Å². The van der Waals surface area contributed by atoms with Crippen molar-refractivity contribution < 1.29 is 26.5 Å². The van der Waals surface area contributed by atoms with Crippen molar-refractivity contribution in [2.24, 2.45) is 0 Å². The molecule has 6 nitrogen and oxygen atoms in total. The molecule has 0 amide bonds. The molecule has 2 aromatic carbocycles. The van der Waals surface area contributed by atoms with Gasteiger partial charge >= 0.3 is 0 Å². The van der Waals surface area contributed by atoms with Crippen molar-refractivity contribution in [1.29, 1.82) is 0 Å². The molecule has 0 unspecified atom stereocenters. The summed E-state index contributed by atoms with van der Waals surface area (Å²) in [6, 6.07) is 13.3. The lowest BCUT2D eigenvalue weighted by molar-refractivity contribution is 0.273. The van der Waals surface area contributed by atoms with Crippen molar-refractivity contribution >= 4 is 18.4 Å². The SMILES string of the molecule is COc1cc(COc2cccc(CO[Si](C)(C)C(C)(C)C)c2)cc(COS(C)(=O)=O)c1. The van der Waals surface area contributed by atoms with E-state index in [1.165, 1.54) is 0 Å². The summed E-state index contributed by atoms with van der Waals surface area (Å²) >= 11 is 0. The van der Waals surface area contributed by atoms with E-state index in [0.29, 0.717) is 24.5 Å². The maximum Gasteiger partial charge on any atom is 0.264 e. The lowest BCUT2D eigenvalue weighted by Gasteiger charge is -2.36. The molecule has 0 spiro atoms.